The van der Waals surface area contributed by atoms with Crippen LogP contribution in [0.1, 0.15) is 50.2 Å². The van der Waals surface area contributed by atoms with E-state index in [4.69, 9.17) is 0 Å². The maximum absolute atomic E-state index is 4.66. The second-order valence-electron chi connectivity index (χ2n) is 5.22. The smallest absolute Gasteiger partial charge is 0.133 e. The average Bonchev–Trinajstić information content (AvgIpc) is 2.46. The van der Waals surface area contributed by atoms with Gasteiger partial charge in [-0.2, -0.15) is 0 Å². The molecular weight excluding hydrogens is 248 g/mol. The lowest BCUT2D eigenvalue weighted by Crippen LogP contribution is -2.08. The summed E-state index contributed by atoms with van der Waals surface area (Å²) in [6.45, 7) is 7.31. The lowest BCUT2D eigenvalue weighted by atomic mass is 10.1. The van der Waals surface area contributed by atoms with Crippen molar-refractivity contribution in [3.05, 3.63) is 47.7 Å². The lowest BCUT2D eigenvalue weighted by Gasteiger charge is -2.11. The molecule has 2 aromatic heterocycles. The molecule has 0 radical (unpaired) electrons. The van der Waals surface area contributed by atoms with Crippen molar-refractivity contribution in [2.45, 2.75) is 39.5 Å². The van der Waals surface area contributed by atoms with Crippen molar-refractivity contribution < 1.29 is 0 Å². The highest BCUT2D eigenvalue weighted by Gasteiger charge is 2.08. The number of aromatic nitrogens is 3. The normalized spacial score (nSPS) is 10.8. The number of nitrogens with one attached hydrogen (secondary N) is 1. The van der Waals surface area contributed by atoms with E-state index in [1.54, 1.807) is 6.20 Å². The van der Waals surface area contributed by atoms with Crippen LogP contribution >= 0.6 is 0 Å². The van der Waals surface area contributed by atoms with Gasteiger partial charge in [-0.1, -0.05) is 26.8 Å². The highest BCUT2D eigenvalue weighted by Crippen LogP contribution is 2.16. The molecule has 0 aromatic carbocycles. The van der Waals surface area contributed by atoms with Crippen LogP contribution in [0.15, 0.2) is 30.6 Å². The molecule has 2 rings (SSSR count). The van der Waals surface area contributed by atoms with Gasteiger partial charge in [-0.05, 0) is 18.1 Å². The monoisotopic (exact) mass is 270 g/mol. The largest absolute Gasteiger partial charge is 0.370 e. The Labute approximate surface area is 120 Å². The van der Waals surface area contributed by atoms with Crippen molar-refractivity contribution in [3.63, 3.8) is 0 Å². The first kappa shape index (κ1) is 14.4. The summed E-state index contributed by atoms with van der Waals surface area (Å²) in [5.41, 5.74) is 2.21. The fourth-order valence-electron chi connectivity index (χ4n) is 1.92. The summed E-state index contributed by atoms with van der Waals surface area (Å²) in [4.78, 5) is 13.4. The van der Waals surface area contributed by atoms with Crippen molar-refractivity contribution in [2.24, 2.45) is 0 Å². The Morgan fingerprint density at radius 2 is 2.10 bits per heavy atom. The summed E-state index contributed by atoms with van der Waals surface area (Å²) < 4.78 is 0. The molecular formula is C16H22N4. The summed E-state index contributed by atoms with van der Waals surface area (Å²) in [6, 6.07) is 6.06. The van der Waals surface area contributed by atoms with Crippen LogP contribution in [0, 0.1) is 0 Å². The van der Waals surface area contributed by atoms with Crippen molar-refractivity contribution in [3.8, 4) is 0 Å². The van der Waals surface area contributed by atoms with E-state index in [1.165, 1.54) is 5.56 Å². The Hall–Kier alpha value is -1.97. The van der Waals surface area contributed by atoms with Crippen molar-refractivity contribution in [1.82, 2.24) is 15.0 Å². The Morgan fingerprint density at radius 3 is 2.75 bits per heavy atom. The van der Waals surface area contributed by atoms with E-state index in [0.717, 1.165) is 36.7 Å². The third-order valence-corrected chi connectivity index (χ3v) is 2.98. The van der Waals surface area contributed by atoms with E-state index in [1.807, 2.05) is 18.3 Å². The molecule has 0 amide bonds. The molecule has 2 heterocycles. The third kappa shape index (κ3) is 4.02. The fraction of sp³-hybridized carbons (Fsp3) is 0.438. The van der Waals surface area contributed by atoms with Crippen LogP contribution in [0.3, 0.4) is 0 Å². The van der Waals surface area contributed by atoms with Gasteiger partial charge in [0, 0.05) is 37.3 Å². The number of hydrogen-bond acceptors (Lipinski definition) is 4. The van der Waals surface area contributed by atoms with Crippen molar-refractivity contribution >= 4 is 5.82 Å². The molecule has 4 nitrogen and oxygen atoms in total. The first-order valence-electron chi connectivity index (χ1n) is 7.19. The van der Waals surface area contributed by atoms with E-state index in [0.29, 0.717) is 5.92 Å². The second-order valence-corrected chi connectivity index (χ2v) is 5.22. The van der Waals surface area contributed by atoms with Crippen molar-refractivity contribution in [2.75, 3.05) is 11.9 Å². The maximum atomic E-state index is 4.66. The zero-order chi connectivity index (χ0) is 14.4. The average molecular weight is 270 g/mol. The predicted molar refractivity (Wildman–Crippen MR) is 81.9 cm³/mol. The molecule has 1 N–H and O–H groups in total. The molecule has 0 aliphatic rings. The van der Waals surface area contributed by atoms with Gasteiger partial charge >= 0.3 is 0 Å². The van der Waals surface area contributed by atoms with Gasteiger partial charge in [0.05, 0.1) is 5.69 Å². The molecule has 20 heavy (non-hydrogen) atoms. The van der Waals surface area contributed by atoms with E-state index in [-0.39, 0.29) is 0 Å². The molecule has 0 unspecified atom stereocenters. The molecule has 0 bridgehead atoms. The summed E-state index contributed by atoms with van der Waals surface area (Å²) >= 11 is 0. The summed E-state index contributed by atoms with van der Waals surface area (Å²) in [6.07, 6.45) is 5.55. The Balaban J connectivity index is 2.24. The number of hydrogen-bond donors (Lipinski definition) is 1. The standard InChI is InChI=1S/C16H22N4/c1-4-7-18-15-10-14(19-16(20-15)12(2)3)9-13-6-5-8-17-11-13/h5-6,8,10-12H,4,7,9H2,1-3H3,(H,18,19,20). The fourth-order valence-corrected chi connectivity index (χ4v) is 1.92. The first-order chi connectivity index (χ1) is 9.69. The lowest BCUT2D eigenvalue weighted by molar-refractivity contribution is 0.760. The molecule has 0 fully saturated rings. The number of rotatable bonds is 6. The van der Waals surface area contributed by atoms with Crippen LogP contribution in [0.25, 0.3) is 0 Å². The number of nitrogens with zero attached hydrogens (tertiary/aromatic N) is 3. The molecule has 0 atom stereocenters. The van der Waals surface area contributed by atoms with E-state index in [9.17, 15) is 0 Å². The highest BCUT2D eigenvalue weighted by molar-refractivity contribution is 5.37. The summed E-state index contributed by atoms with van der Waals surface area (Å²) in [7, 11) is 0. The highest BCUT2D eigenvalue weighted by atomic mass is 15.0. The minimum atomic E-state index is 0.325. The second kappa shape index (κ2) is 6.98. The number of pyridine rings is 1. The molecule has 2 aromatic rings. The van der Waals surface area contributed by atoms with Crippen molar-refractivity contribution in [1.29, 1.82) is 0 Å². The van der Waals surface area contributed by atoms with Gasteiger partial charge in [0.15, 0.2) is 0 Å². The molecule has 0 saturated carbocycles. The van der Waals surface area contributed by atoms with Crippen LogP contribution in [0.2, 0.25) is 0 Å². The molecule has 0 aliphatic heterocycles. The summed E-state index contributed by atoms with van der Waals surface area (Å²) in [5.74, 6) is 2.14. The van der Waals surface area contributed by atoms with E-state index in [2.05, 4.69) is 47.1 Å². The van der Waals surface area contributed by atoms with Gasteiger partial charge < -0.3 is 5.32 Å². The van der Waals surface area contributed by atoms with E-state index < -0.39 is 0 Å². The third-order valence-electron chi connectivity index (χ3n) is 2.98. The SMILES string of the molecule is CCCNc1cc(Cc2cccnc2)nc(C(C)C)n1. The van der Waals surface area contributed by atoms with Gasteiger partial charge in [-0.25, -0.2) is 9.97 Å². The number of anilines is 1. The quantitative estimate of drug-likeness (QED) is 0.874. The molecule has 0 aliphatic carbocycles. The van der Waals surface area contributed by atoms with Crippen LogP contribution < -0.4 is 5.32 Å². The van der Waals surface area contributed by atoms with Crippen LogP contribution in [-0.2, 0) is 6.42 Å². The topological polar surface area (TPSA) is 50.7 Å². The van der Waals surface area contributed by atoms with Crippen LogP contribution in [0.5, 0.6) is 0 Å². The van der Waals surface area contributed by atoms with Crippen LogP contribution in [-0.4, -0.2) is 21.5 Å². The minimum Gasteiger partial charge on any atom is -0.370 e. The van der Waals surface area contributed by atoms with Gasteiger partial charge in [-0.15, -0.1) is 0 Å². The first-order valence-corrected chi connectivity index (χ1v) is 7.19. The minimum absolute atomic E-state index is 0.325. The summed E-state index contributed by atoms with van der Waals surface area (Å²) in [5, 5.41) is 3.35. The molecule has 0 saturated heterocycles. The predicted octanol–water partition coefficient (Wildman–Crippen LogP) is 3.41. The Bertz CT molecular complexity index is 537. The zero-order valence-electron chi connectivity index (χ0n) is 12.4. The maximum Gasteiger partial charge on any atom is 0.133 e. The zero-order valence-corrected chi connectivity index (χ0v) is 12.4. The molecule has 0 spiro atoms. The molecule has 4 heteroatoms. The Morgan fingerprint density at radius 1 is 1.25 bits per heavy atom. The van der Waals surface area contributed by atoms with Crippen LogP contribution in [0.4, 0.5) is 5.82 Å². The Kier molecular flexibility index (Phi) is 5.04. The van der Waals surface area contributed by atoms with Gasteiger partial charge in [-0.3, -0.25) is 4.98 Å². The van der Waals surface area contributed by atoms with Gasteiger partial charge in [0.2, 0.25) is 0 Å². The van der Waals surface area contributed by atoms with E-state index >= 15 is 0 Å². The van der Waals surface area contributed by atoms with Gasteiger partial charge in [0.1, 0.15) is 11.6 Å². The van der Waals surface area contributed by atoms with Gasteiger partial charge in [0.25, 0.3) is 0 Å². The molecule has 106 valence electrons.